The molecule has 0 unspecified atom stereocenters. The number of hydrogen-bond acceptors (Lipinski definition) is 3. The molecular formula is C17H22N2O2. The highest BCUT2D eigenvalue weighted by atomic mass is 16.5. The lowest BCUT2D eigenvalue weighted by molar-refractivity contribution is 0.0729. The van der Waals surface area contributed by atoms with Gasteiger partial charge in [0.2, 0.25) is 0 Å². The van der Waals surface area contributed by atoms with Crippen molar-refractivity contribution in [3.05, 3.63) is 42.5 Å². The van der Waals surface area contributed by atoms with Crippen LogP contribution in [-0.2, 0) is 0 Å². The number of benzene rings is 1. The fourth-order valence-corrected chi connectivity index (χ4v) is 3.44. The summed E-state index contributed by atoms with van der Waals surface area (Å²) < 4.78 is 5.45. The lowest BCUT2D eigenvalue weighted by Gasteiger charge is -2.24. The van der Waals surface area contributed by atoms with E-state index in [1.807, 2.05) is 29.2 Å². The van der Waals surface area contributed by atoms with Gasteiger partial charge in [0.15, 0.2) is 0 Å². The second-order valence-electron chi connectivity index (χ2n) is 5.96. The minimum Gasteiger partial charge on any atom is -0.490 e. The lowest BCUT2D eigenvalue weighted by Crippen LogP contribution is -2.39. The Balaban J connectivity index is 1.69. The maximum Gasteiger partial charge on any atom is 0.254 e. The zero-order valence-electron chi connectivity index (χ0n) is 12.5. The second-order valence-corrected chi connectivity index (χ2v) is 5.96. The topological polar surface area (TPSA) is 32.8 Å². The molecule has 0 N–H and O–H groups in total. The van der Waals surface area contributed by atoms with Crippen molar-refractivity contribution in [3.63, 3.8) is 0 Å². The van der Waals surface area contributed by atoms with Gasteiger partial charge in [-0.25, -0.2) is 0 Å². The Bertz CT molecular complexity index is 526. The molecule has 1 amide bonds. The summed E-state index contributed by atoms with van der Waals surface area (Å²) in [6.07, 6.45) is 2.83. The summed E-state index contributed by atoms with van der Waals surface area (Å²) in [5.74, 6) is 1.56. The summed E-state index contributed by atoms with van der Waals surface area (Å²) in [6.45, 7) is 7.10. The largest absolute Gasteiger partial charge is 0.490 e. The molecule has 0 saturated carbocycles. The number of hydrogen-bond donors (Lipinski definition) is 0. The van der Waals surface area contributed by atoms with Crippen molar-refractivity contribution in [2.45, 2.75) is 12.5 Å². The Morgan fingerprint density at radius 1 is 1.38 bits per heavy atom. The highest BCUT2D eigenvalue weighted by molar-refractivity contribution is 5.94. The van der Waals surface area contributed by atoms with E-state index in [0.717, 1.165) is 37.4 Å². The number of fused-ring (bicyclic) bond motifs is 1. The lowest BCUT2D eigenvalue weighted by atomic mass is 10.0. The van der Waals surface area contributed by atoms with E-state index in [0.29, 0.717) is 18.6 Å². The molecule has 2 atom stereocenters. The first-order chi connectivity index (χ1) is 10.2. The average Bonchev–Trinajstić information content (AvgIpc) is 3.03. The van der Waals surface area contributed by atoms with Crippen LogP contribution in [0.3, 0.4) is 0 Å². The number of carbonyl (C=O) groups is 1. The van der Waals surface area contributed by atoms with Gasteiger partial charge in [-0.15, -0.1) is 0 Å². The van der Waals surface area contributed by atoms with Crippen LogP contribution < -0.4 is 4.74 Å². The third-order valence-corrected chi connectivity index (χ3v) is 4.46. The fourth-order valence-electron chi connectivity index (χ4n) is 3.44. The van der Waals surface area contributed by atoms with Crippen LogP contribution in [0.15, 0.2) is 36.9 Å². The van der Waals surface area contributed by atoms with Crippen molar-refractivity contribution in [2.75, 3.05) is 33.3 Å². The van der Waals surface area contributed by atoms with Crippen LogP contribution in [0.1, 0.15) is 16.8 Å². The third kappa shape index (κ3) is 2.81. The number of nitrogens with zero attached hydrogens (tertiary/aromatic N) is 2. The molecule has 1 aromatic carbocycles. The molecule has 3 rings (SSSR count). The smallest absolute Gasteiger partial charge is 0.254 e. The molecule has 0 bridgehead atoms. The van der Waals surface area contributed by atoms with Gasteiger partial charge in [0, 0.05) is 31.2 Å². The van der Waals surface area contributed by atoms with E-state index in [2.05, 4.69) is 18.5 Å². The first kappa shape index (κ1) is 14.1. The molecule has 21 heavy (non-hydrogen) atoms. The fraction of sp³-hybridized carbons (Fsp3) is 0.471. The molecule has 1 aromatic rings. The van der Waals surface area contributed by atoms with Crippen LogP contribution in [0, 0.1) is 5.92 Å². The van der Waals surface area contributed by atoms with Crippen molar-refractivity contribution in [1.29, 1.82) is 0 Å². The van der Waals surface area contributed by atoms with Gasteiger partial charge >= 0.3 is 0 Å². The van der Waals surface area contributed by atoms with E-state index >= 15 is 0 Å². The Morgan fingerprint density at radius 2 is 2.14 bits per heavy atom. The van der Waals surface area contributed by atoms with Crippen LogP contribution >= 0.6 is 0 Å². The molecule has 0 spiro atoms. The number of likely N-dealkylation sites (tertiary alicyclic amines) is 2. The van der Waals surface area contributed by atoms with Crippen molar-refractivity contribution in [1.82, 2.24) is 9.80 Å². The number of likely N-dealkylation sites (N-methyl/N-ethyl adjacent to an activating group) is 1. The zero-order valence-corrected chi connectivity index (χ0v) is 12.5. The van der Waals surface area contributed by atoms with Gasteiger partial charge in [0.1, 0.15) is 12.4 Å². The van der Waals surface area contributed by atoms with E-state index in [1.165, 1.54) is 0 Å². The number of ether oxygens (including phenoxy) is 1. The highest BCUT2D eigenvalue weighted by Crippen LogP contribution is 2.31. The predicted octanol–water partition coefficient (Wildman–Crippen LogP) is 2.03. The van der Waals surface area contributed by atoms with E-state index in [9.17, 15) is 4.79 Å². The van der Waals surface area contributed by atoms with Gasteiger partial charge < -0.3 is 14.5 Å². The normalized spacial score (nSPS) is 24.9. The third-order valence-electron chi connectivity index (χ3n) is 4.46. The first-order valence-corrected chi connectivity index (χ1v) is 7.52. The molecular weight excluding hydrogens is 264 g/mol. The minimum atomic E-state index is 0.146. The summed E-state index contributed by atoms with van der Waals surface area (Å²) in [6, 6.07) is 7.80. The summed E-state index contributed by atoms with van der Waals surface area (Å²) in [5.41, 5.74) is 0.746. The molecule has 2 saturated heterocycles. The second kappa shape index (κ2) is 5.90. The molecule has 0 radical (unpaired) electrons. The molecule has 2 heterocycles. The van der Waals surface area contributed by atoms with Gasteiger partial charge in [0.05, 0.1) is 0 Å². The molecule has 0 aromatic heterocycles. The van der Waals surface area contributed by atoms with Crippen molar-refractivity contribution in [2.24, 2.45) is 5.92 Å². The van der Waals surface area contributed by atoms with Gasteiger partial charge in [-0.05, 0) is 43.7 Å². The van der Waals surface area contributed by atoms with E-state index in [-0.39, 0.29) is 5.91 Å². The molecule has 0 aliphatic carbocycles. The van der Waals surface area contributed by atoms with Crippen LogP contribution in [0.4, 0.5) is 0 Å². The van der Waals surface area contributed by atoms with E-state index in [1.54, 1.807) is 6.08 Å². The summed E-state index contributed by atoms with van der Waals surface area (Å²) in [7, 11) is 2.13. The van der Waals surface area contributed by atoms with Crippen molar-refractivity contribution < 1.29 is 9.53 Å². The van der Waals surface area contributed by atoms with Gasteiger partial charge in [-0.3, -0.25) is 4.79 Å². The van der Waals surface area contributed by atoms with Crippen LogP contribution in [-0.4, -0.2) is 55.0 Å². The molecule has 4 nitrogen and oxygen atoms in total. The Hall–Kier alpha value is -1.81. The minimum absolute atomic E-state index is 0.146. The highest BCUT2D eigenvalue weighted by Gasteiger charge is 2.42. The summed E-state index contributed by atoms with van der Waals surface area (Å²) >= 11 is 0. The number of carbonyl (C=O) groups excluding carboxylic acids is 1. The maximum atomic E-state index is 12.7. The molecule has 112 valence electrons. The Kier molecular flexibility index (Phi) is 3.97. The summed E-state index contributed by atoms with van der Waals surface area (Å²) in [4.78, 5) is 17.0. The number of rotatable bonds is 4. The Morgan fingerprint density at radius 3 is 2.86 bits per heavy atom. The van der Waals surface area contributed by atoms with Gasteiger partial charge in [-0.2, -0.15) is 0 Å². The van der Waals surface area contributed by atoms with Crippen molar-refractivity contribution >= 4 is 5.91 Å². The van der Waals surface area contributed by atoms with Gasteiger partial charge in [0.25, 0.3) is 5.91 Å². The van der Waals surface area contributed by atoms with Crippen LogP contribution in [0.25, 0.3) is 0 Å². The molecule has 4 heteroatoms. The van der Waals surface area contributed by atoms with Crippen molar-refractivity contribution in [3.8, 4) is 5.75 Å². The first-order valence-electron chi connectivity index (χ1n) is 7.52. The van der Waals surface area contributed by atoms with E-state index < -0.39 is 0 Å². The van der Waals surface area contributed by atoms with Gasteiger partial charge in [-0.1, -0.05) is 12.7 Å². The average molecular weight is 286 g/mol. The number of amides is 1. The van der Waals surface area contributed by atoms with Crippen LogP contribution in [0.2, 0.25) is 0 Å². The molecule has 2 fully saturated rings. The molecule has 2 aliphatic heterocycles. The zero-order chi connectivity index (χ0) is 14.8. The molecule has 2 aliphatic rings. The SMILES string of the molecule is C=CCOc1ccc(C(=O)N2CC[C@H]3CN(C)C[C@H]32)cc1. The maximum absolute atomic E-state index is 12.7. The standard InChI is InChI=1S/C17H22N2O2/c1-3-10-21-15-6-4-13(5-7-15)17(20)19-9-8-14-11-18(2)12-16(14)19/h3-7,14,16H,1,8-12H2,2H3/t14-,16+/m0/s1. The monoisotopic (exact) mass is 286 g/mol. The van der Waals surface area contributed by atoms with E-state index in [4.69, 9.17) is 4.74 Å². The quantitative estimate of drug-likeness (QED) is 0.794. The van der Waals surface area contributed by atoms with Crippen LogP contribution in [0.5, 0.6) is 5.75 Å². The predicted molar refractivity (Wildman–Crippen MR) is 82.6 cm³/mol. The summed E-state index contributed by atoms with van der Waals surface area (Å²) in [5, 5.41) is 0. The Labute approximate surface area is 126 Å².